The number of nitrogens with two attached hydrogens (primary N) is 1. The number of benzene rings is 1. The molecule has 0 unspecified atom stereocenters. The third-order valence-corrected chi connectivity index (χ3v) is 4.45. The molecule has 0 bridgehead atoms. The van der Waals surface area contributed by atoms with E-state index in [0.29, 0.717) is 52.9 Å². The molecule has 1 aliphatic heterocycles. The molecule has 2 heterocycles. The molecular formula is C18H23N5O4. The first-order valence-corrected chi connectivity index (χ1v) is 8.56. The summed E-state index contributed by atoms with van der Waals surface area (Å²) >= 11 is 0. The summed E-state index contributed by atoms with van der Waals surface area (Å²) in [7, 11) is 3.09. The number of amides is 1. The number of aliphatic hydroxyl groups is 1. The smallest absolute Gasteiger partial charge is 0.248 e. The number of ether oxygens (including phenoxy) is 2. The van der Waals surface area contributed by atoms with Gasteiger partial charge in [0.1, 0.15) is 6.04 Å². The van der Waals surface area contributed by atoms with Crippen LogP contribution in [-0.2, 0) is 11.2 Å². The van der Waals surface area contributed by atoms with Crippen LogP contribution in [0.5, 0.6) is 11.5 Å². The number of allylic oxidation sites excluding steroid dienone is 1. The van der Waals surface area contributed by atoms with Crippen molar-refractivity contribution in [2.75, 3.05) is 26.1 Å². The van der Waals surface area contributed by atoms with Crippen LogP contribution < -0.4 is 20.5 Å². The first kappa shape index (κ1) is 18.7. The third kappa shape index (κ3) is 3.33. The van der Waals surface area contributed by atoms with E-state index in [2.05, 4.69) is 15.4 Å². The van der Waals surface area contributed by atoms with Gasteiger partial charge in [-0.1, -0.05) is 12.1 Å². The molecule has 0 aliphatic carbocycles. The zero-order valence-electron chi connectivity index (χ0n) is 15.5. The molecule has 0 saturated carbocycles. The number of hydrogen-bond donors (Lipinski definition) is 3. The van der Waals surface area contributed by atoms with Crippen molar-refractivity contribution < 1.29 is 19.4 Å². The largest absolute Gasteiger partial charge is 0.493 e. The number of para-hydroxylation sites is 1. The molecule has 1 amide bonds. The van der Waals surface area contributed by atoms with Crippen molar-refractivity contribution in [1.29, 1.82) is 0 Å². The van der Waals surface area contributed by atoms with Gasteiger partial charge in [0, 0.05) is 24.3 Å². The van der Waals surface area contributed by atoms with E-state index in [9.17, 15) is 4.79 Å². The highest BCUT2D eigenvalue weighted by Gasteiger charge is 2.35. The van der Waals surface area contributed by atoms with Crippen LogP contribution in [0, 0.1) is 0 Å². The van der Waals surface area contributed by atoms with Crippen LogP contribution >= 0.6 is 0 Å². The molecule has 1 atom stereocenters. The number of fused-ring (bicyclic) bond motifs is 1. The summed E-state index contributed by atoms with van der Waals surface area (Å²) < 4.78 is 12.6. The molecule has 1 aromatic heterocycles. The third-order valence-electron chi connectivity index (χ3n) is 4.45. The molecule has 1 aliphatic rings. The predicted octanol–water partition coefficient (Wildman–Crippen LogP) is 0.994. The Balaban J connectivity index is 2.20. The molecular weight excluding hydrogens is 350 g/mol. The average molecular weight is 373 g/mol. The van der Waals surface area contributed by atoms with Crippen molar-refractivity contribution in [1.82, 2.24) is 14.8 Å². The van der Waals surface area contributed by atoms with Crippen molar-refractivity contribution in [3.05, 3.63) is 40.9 Å². The highest BCUT2D eigenvalue weighted by Crippen LogP contribution is 2.42. The monoisotopic (exact) mass is 373 g/mol. The van der Waals surface area contributed by atoms with E-state index in [-0.39, 0.29) is 6.61 Å². The van der Waals surface area contributed by atoms with E-state index in [0.717, 1.165) is 0 Å². The second-order valence-corrected chi connectivity index (χ2v) is 6.14. The quantitative estimate of drug-likeness (QED) is 0.661. The first-order chi connectivity index (χ1) is 13.0. The van der Waals surface area contributed by atoms with Crippen molar-refractivity contribution in [3.8, 4) is 11.5 Å². The van der Waals surface area contributed by atoms with Crippen LogP contribution in [-0.4, -0.2) is 46.6 Å². The Morgan fingerprint density at radius 3 is 2.78 bits per heavy atom. The molecule has 9 nitrogen and oxygen atoms in total. The zero-order valence-corrected chi connectivity index (χ0v) is 15.5. The highest BCUT2D eigenvalue weighted by atomic mass is 16.5. The Hall–Kier alpha value is -3.07. The second-order valence-electron chi connectivity index (χ2n) is 6.14. The molecule has 0 radical (unpaired) electrons. The zero-order chi connectivity index (χ0) is 19.6. The van der Waals surface area contributed by atoms with Gasteiger partial charge in [0.2, 0.25) is 11.9 Å². The number of hydrogen-bond acceptors (Lipinski definition) is 7. The number of methoxy groups -OCH3 is 2. The number of nitrogens with zero attached hydrogens (tertiary/aromatic N) is 3. The minimum Gasteiger partial charge on any atom is -0.493 e. The van der Waals surface area contributed by atoms with Gasteiger partial charge in [0.15, 0.2) is 17.3 Å². The standard InChI is InChI=1S/C18H23N5O4/c1-10-14(17(19)25)15(11-6-4-7-12(26-2)16(11)27-3)23-18(20-10)21-13(22-23)8-5-9-24/h4,6-7,15,24H,5,8-9H2,1-3H3,(H2,19,25)(H,20,21,22)/t15-/m0/s1. The number of carbonyl (C=O) groups is 1. The minimum absolute atomic E-state index is 0.0499. The number of primary amides is 1. The SMILES string of the molecule is COc1cccc([C@H]2C(C(N)=O)=C(C)Nc3nc(CCCO)nn32)c1OC. The second kappa shape index (κ2) is 7.67. The van der Waals surface area contributed by atoms with Gasteiger partial charge in [0.05, 0.1) is 19.8 Å². The van der Waals surface area contributed by atoms with Crippen LogP contribution in [0.4, 0.5) is 5.95 Å². The maximum Gasteiger partial charge on any atom is 0.248 e. The molecule has 144 valence electrons. The Labute approximate surface area is 156 Å². The van der Waals surface area contributed by atoms with Gasteiger partial charge in [-0.05, 0) is 19.4 Å². The number of aliphatic hydroxyl groups excluding tert-OH is 1. The summed E-state index contributed by atoms with van der Waals surface area (Å²) in [6.45, 7) is 1.82. The maximum atomic E-state index is 12.2. The van der Waals surface area contributed by atoms with Gasteiger partial charge in [-0.2, -0.15) is 10.1 Å². The topological polar surface area (TPSA) is 125 Å². The van der Waals surface area contributed by atoms with Crippen molar-refractivity contribution in [3.63, 3.8) is 0 Å². The van der Waals surface area contributed by atoms with Gasteiger partial charge in [-0.25, -0.2) is 4.68 Å². The van der Waals surface area contributed by atoms with Crippen molar-refractivity contribution in [2.24, 2.45) is 5.73 Å². The lowest BCUT2D eigenvalue weighted by Crippen LogP contribution is -2.32. The minimum atomic E-state index is -0.612. The number of nitrogens with one attached hydrogen (secondary N) is 1. The van der Waals surface area contributed by atoms with Crippen LogP contribution in [0.2, 0.25) is 0 Å². The van der Waals surface area contributed by atoms with Crippen molar-refractivity contribution in [2.45, 2.75) is 25.8 Å². The van der Waals surface area contributed by atoms with E-state index in [1.807, 2.05) is 12.1 Å². The molecule has 3 rings (SSSR count). The Morgan fingerprint density at radius 2 is 2.15 bits per heavy atom. The van der Waals surface area contributed by atoms with E-state index in [1.165, 1.54) is 7.11 Å². The highest BCUT2D eigenvalue weighted by molar-refractivity contribution is 5.95. The van der Waals surface area contributed by atoms with Crippen LogP contribution in [0.3, 0.4) is 0 Å². The fourth-order valence-corrected chi connectivity index (χ4v) is 3.27. The Bertz CT molecular complexity index is 890. The van der Waals surface area contributed by atoms with Gasteiger partial charge < -0.3 is 25.6 Å². The predicted molar refractivity (Wildman–Crippen MR) is 98.6 cm³/mol. The molecule has 4 N–H and O–H groups in total. The maximum absolute atomic E-state index is 12.2. The Morgan fingerprint density at radius 1 is 1.37 bits per heavy atom. The van der Waals surface area contributed by atoms with E-state index in [1.54, 1.807) is 24.8 Å². The number of aryl methyl sites for hydroxylation is 1. The van der Waals surface area contributed by atoms with E-state index >= 15 is 0 Å². The van der Waals surface area contributed by atoms with Crippen LogP contribution in [0.15, 0.2) is 29.5 Å². The summed E-state index contributed by atoms with van der Waals surface area (Å²) in [5, 5.41) is 16.7. The van der Waals surface area contributed by atoms with Crippen molar-refractivity contribution >= 4 is 11.9 Å². The summed E-state index contributed by atoms with van der Waals surface area (Å²) in [4.78, 5) is 16.7. The average Bonchev–Trinajstić information content (AvgIpc) is 3.06. The van der Waals surface area contributed by atoms with Gasteiger partial charge >= 0.3 is 0 Å². The molecule has 27 heavy (non-hydrogen) atoms. The lowest BCUT2D eigenvalue weighted by Gasteiger charge is -2.29. The lowest BCUT2D eigenvalue weighted by molar-refractivity contribution is -0.115. The normalized spacial score (nSPS) is 15.9. The molecule has 1 aromatic carbocycles. The summed E-state index contributed by atoms with van der Waals surface area (Å²) in [6.07, 6.45) is 1.07. The van der Waals surface area contributed by atoms with Gasteiger partial charge in [-0.15, -0.1) is 0 Å². The van der Waals surface area contributed by atoms with E-state index in [4.69, 9.17) is 20.3 Å². The number of aromatic nitrogens is 3. The number of rotatable bonds is 7. The summed E-state index contributed by atoms with van der Waals surface area (Å²) in [5.74, 6) is 1.54. The molecule has 2 aromatic rings. The fraction of sp³-hybridized carbons (Fsp3) is 0.389. The first-order valence-electron chi connectivity index (χ1n) is 8.56. The molecule has 0 spiro atoms. The fourth-order valence-electron chi connectivity index (χ4n) is 3.27. The van der Waals surface area contributed by atoms with Crippen LogP contribution in [0.25, 0.3) is 0 Å². The van der Waals surface area contributed by atoms with E-state index < -0.39 is 11.9 Å². The number of carbonyl (C=O) groups excluding carboxylic acids is 1. The van der Waals surface area contributed by atoms with Gasteiger partial charge in [0.25, 0.3) is 0 Å². The number of anilines is 1. The van der Waals surface area contributed by atoms with Gasteiger partial charge in [-0.3, -0.25) is 4.79 Å². The summed E-state index contributed by atoms with van der Waals surface area (Å²) in [5.41, 5.74) is 7.35. The summed E-state index contributed by atoms with van der Waals surface area (Å²) in [6, 6.07) is 4.82. The lowest BCUT2D eigenvalue weighted by atomic mass is 9.94. The molecule has 0 fully saturated rings. The van der Waals surface area contributed by atoms with Crippen LogP contribution in [0.1, 0.15) is 30.8 Å². The molecule has 9 heteroatoms. The Kier molecular flexibility index (Phi) is 5.31. The molecule has 0 saturated heterocycles.